The Morgan fingerprint density at radius 3 is 2.50 bits per heavy atom. The summed E-state index contributed by atoms with van der Waals surface area (Å²) >= 11 is 1.16. The van der Waals surface area contributed by atoms with E-state index in [4.69, 9.17) is 0 Å². The van der Waals surface area contributed by atoms with Gasteiger partial charge in [0.2, 0.25) is 5.91 Å². The molecule has 164 valence electrons. The number of amides is 1. The number of aryl methyl sites for hydroxylation is 1. The quantitative estimate of drug-likeness (QED) is 0.371. The SMILES string of the molecule is CC(C)c1nc(SCC(=O)Nc2cccc3ccccc23)c2c(=O)n(C)c(=O)n(C)c2n1. The minimum absolute atomic E-state index is 0.0116. The lowest BCUT2D eigenvalue weighted by Gasteiger charge is -2.13. The van der Waals surface area contributed by atoms with Crippen LogP contribution in [0, 0.1) is 0 Å². The molecule has 0 saturated carbocycles. The molecule has 2 aromatic heterocycles. The highest BCUT2D eigenvalue weighted by Gasteiger charge is 2.19. The van der Waals surface area contributed by atoms with Crippen LogP contribution in [0.15, 0.2) is 57.1 Å². The molecule has 0 spiro atoms. The largest absolute Gasteiger partial charge is 0.332 e. The molecule has 1 N–H and O–H groups in total. The van der Waals surface area contributed by atoms with Crippen molar-refractivity contribution in [3.63, 3.8) is 0 Å². The van der Waals surface area contributed by atoms with Crippen LogP contribution in [-0.2, 0) is 18.9 Å². The lowest BCUT2D eigenvalue weighted by atomic mass is 10.1. The van der Waals surface area contributed by atoms with Crippen molar-refractivity contribution in [2.24, 2.45) is 14.1 Å². The summed E-state index contributed by atoms with van der Waals surface area (Å²) in [6.07, 6.45) is 0. The van der Waals surface area contributed by atoms with Crippen molar-refractivity contribution in [2.45, 2.75) is 24.8 Å². The molecule has 0 radical (unpaired) electrons. The standard InChI is InChI=1S/C23H23N5O3S/c1-13(2)19-25-20-18(22(30)28(4)23(31)27(20)3)21(26-19)32-12-17(29)24-16-11-7-9-14-8-5-6-10-15(14)16/h5-11,13H,12H2,1-4H3,(H,24,29). The van der Waals surface area contributed by atoms with Gasteiger partial charge in [0, 0.05) is 31.1 Å². The van der Waals surface area contributed by atoms with Gasteiger partial charge in [-0.3, -0.25) is 18.7 Å². The summed E-state index contributed by atoms with van der Waals surface area (Å²) in [6, 6.07) is 13.5. The van der Waals surface area contributed by atoms with Crippen molar-refractivity contribution in [2.75, 3.05) is 11.1 Å². The van der Waals surface area contributed by atoms with Crippen LogP contribution in [0.2, 0.25) is 0 Å². The van der Waals surface area contributed by atoms with Gasteiger partial charge >= 0.3 is 5.69 Å². The van der Waals surface area contributed by atoms with Gasteiger partial charge in [-0.15, -0.1) is 0 Å². The molecule has 4 rings (SSSR count). The van der Waals surface area contributed by atoms with Crippen molar-refractivity contribution >= 4 is 45.2 Å². The number of aromatic nitrogens is 4. The first kappa shape index (κ1) is 21.8. The second kappa shape index (κ2) is 8.58. The van der Waals surface area contributed by atoms with E-state index in [-0.39, 0.29) is 28.6 Å². The Hall–Kier alpha value is -3.46. The van der Waals surface area contributed by atoms with Crippen molar-refractivity contribution in [1.29, 1.82) is 0 Å². The molecule has 0 fully saturated rings. The van der Waals surface area contributed by atoms with Crippen LogP contribution in [-0.4, -0.2) is 30.8 Å². The molecular weight excluding hydrogens is 426 g/mol. The van der Waals surface area contributed by atoms with E-state index in [1.54, 1.807) is 7.05 Å². The van der Waals surface area contributed by atoms with Gasteiger partial charge in [-0.2, -0.15) is 0 Å². The van der Waals surface area contributed by atoms with E-state index in [0.717, 1.165) is 32.8 Å². The van der Waals surface area contributed by atoms with Gasteiger partial charge in [-0.25, -0.2) is 14.8 Å². The Kier molecular flexibility index (Phi) is 5.84. The number of nitrogens with one attached hydrogen (secondary N) is 1. The van der Waals surface area contributed by atoms with E-state index < -0.39 is 11.2 Å². The van der Waals surface area contributed by atoms with Crippen LogP contribution >= 0.6 is 11.8 Å². The molecule has 0 aliphatic heterocycles. The average Bonchev–Trinajstić information content (AvgIpc) is 2.79. The number of hydrogen-bond donors (Lipinski definition) is 1. The monoisotopic (exact) mass is 449 g/mol. The second-order valence-electron chi connectivity index (χ2n) is 7.81. The molecule has 8 nitrogen and oxygen atoms in total. The minimum atomic E-state index is -0.477. The molecule has 2 aromatic carbocycles. The van der Waals surface area contributed by atoms with Crippen molar-refractivity contribution in [3.8, 4) is 0 Å². The lowest BCUT2D eigenvalue weighted by Crippen LogP contribution is -2.38. The maximum Gasteiger partial charge on any atom is 0.332 e. The fourth-order valence-corrected chi connectivity index (χ4v) is 4.28. The highest BCUT2D eigenvalue weighted by atomic mass is 32.2. The van der Waals surface area contributed by atoms with Crippen LogP contribution in [0.3, 0.4) is 0 Å². The second-order valence-corrected chi connectivity index (χ2v) is 8.77. The predicted octanol–water partition coefficient (Wildman–Crippen LogP) is 3.03. The molecule has 0 atom stereocenters. The number of carbonyl (C=O) groups excluding carboxylic acids is 1. The third-order valence-electron chi connectivity index (χ3n) is 5.20. The summed E-state index contributed by atoms with van der Waals surface area (Å²) < 4.78 is 2.37. The van der Waals surface area contributed by atoms with Gasteiger partial charge in [0.1, 0.15) is 16.2 Å². The number of carbonyl (C=O) groups is 1. The van der Waals surface area contributed by atoms with Crippen molar-refractivity contribution < 1.29 is 4.79 Å². The first-order valence-electron chi connectivity index (χ1n) is 10.2. The Balaban J connectivity index is 1.68. The zero-order valence-corrected chi connectivity index (χ0v) is 19.1. The molecule has 4 aromatic rings. The van der Waals surface area contributed by atoms with Crippen LogP contribution in [0.4, 0.5) is 5.69 Å². The summed E-state index contributed by atoms with van der Waals surface area (Å²) in [5.41, 5.74) is 0.0621. The molecule has 32 heavy (non-hydrogen) atoms. The van der Waals surface area contributed by atoms with E-state index >= 15 is 0 Å². The van der Waals surface area contributed by atoms with Gasteiger partial charge in [0.25, 0.3) is 5.56 Å². The van der Waals surface area contributed by atoms with Crippen LogP contribution < -0.4 is 16.6 Å². The molecule has 1 amide bonds. The lowest BCUT2D eigenvalue weighted by molar-refractivity contribution is -0.113. The molecule has 9 heteroatoms. The van der Waals surface area contributed by atoms with Gasteiger partial charge in [-0.1, -0.05) is 62.0 Å². The first-order chi connectivity index (χ1) is 15.3. The topological polar surface area (TPSA) is 98.9 Å². The van der Waals surface area contributed by atoms with E-state index in [1.807, 2.05) is 56.3 Å². The maximum atomic E-state index is 12.8. The number of anilines is 1. The Morgan fingerprint density at radius 2 is 1.75 bits per heavy atom. The summed E-state index contributed by atoms with van der Waals surface area (Å²) in [5, 5.41) is 5.56. The third kappa shape index (κ3) is 3.91. The first-order valence-corrected chi connectivity index (χ1v) is 11.1. The number of benzene rings is 2. The van der Waals surface area contributed by atoms with Crippen LogP contribution in [0.5, 0.6) is 0 Å². The zero-order valence-electron chi connectivity index (χ0n) is 18.2. The summed E-state index contributed by atoms with van der Waals surface area (Å²) in [7, 11) is 2.99. The van der Waals surface area contributed by atoms with Crippen LogP contribution in [0.1, 0.15) is 25.6 Å². The van der Waals surface area contributed by atoms with Gasteiger partial charge in [-0.05, 0) is 11.5 Å². The maximum absolute atomic E-state index is 12.8. The molecule has 0 aliphatic rings. The Labute approximate surface area is 188 Å². The molecular formula is C23H23N5O3S. The number of hydrogen-bond acceptors (Lipinski definition) is 6. The van der Waals surface area contributed by atoms with E-state index in [2.05, 4.69) is 15.3 Å². The highest BCUT2D eigenvalue weighted by molar-refractivity contribution is 8.00. The molecule has 0 saturated heterocycles. The molecule has 2 heterocycles. The number of nitrogens with zero attached hydrogens (tertiary/aromatic N) is 4. The number of rotatable bonds is 5. The number of thioether (sulfide) groups is 1. The third-order valence-corrected chi connectivity index (χ3v) is 6.18. The zero-order chi connectivity index (χ0) is 23.0. The van der Waals surface area contributed by atoms with Gasteiger partial charge < -0.3 is 5.32 Å². The smallest absolute Gasteiger partial charge is 0.325 e. The van der Waals surface area contributed by atoms with E-state index in [9.17, 15) is 14.4 Å². The predicted molar refractivity (Wildman–Crippen MR) is 127 cm³/mol. The summed E-state index contributed by atoms with van der Waals surface area (Å²) in [5.74, 6) is 0.338. The minimum Gasteiger partial charge on any atom is -0.325 e. The number of fused-ring (bicyclic) bond motifs is 2. The molecule has 0 unspecified atom stereocenters. The van der Waals surface area contributed by atoms with E-state index in [0.29, 0.717) is 10.9 Å². The highest BCUT2D eigenvalue weighted by Crippen LogP contribution is 2.26. The van der Waals surface area contributed by atoms with Gasteiger partial charge in [0.15, 0.2) is 5.65 Å². The molecule has 0 aliphatic carbocycles. The van der Waals surface area contributed by atoms with Gasteiger partial charge in [0.05, 0.1) is 5.75 Å². The van der Waals surface area contributed by atoms with Crippen molar-refractivity contribution in [1.82, 2.24) is 19.1 Å². The van der Waals surface area contributed by atoms with Crippen LogP contribution in [0.25, 0.3) is 21.8 Å². The normalized spacial score (nSPS) is 11.4. The Morgan fingerprint density at radius 1 is 1.03 bits per heavy atom. The van der Waals surface area contributed by atoms with E-state index in [1.165, 1.54) is 11.6 Å². The molecule has 0 bridgehead atoms. The average molecular weight is 450 g/mol. The van der Waals surface area contributed by atoms with Crippen molar-refractivity contribution in [3.05, 3.63) is 69.1 Å². The fourth-order valence-electron chi connectivity index (χ4n) is 3.46. The summed E-state index contributed by atoms with van der Waals surface area (Å²) in [4.78, 5) is 46.9. The Bertz CT molecular complexity index is 1470. The summed E-state index contributed by atoms with van der Waals surface area (Å²) in [6.45, 7) is 3.87. The fraction of sp³-hybridized carbons (Fsp3) is 0.261.